The van der Waals surface area contributed by atoms with E-state index >= 15 is 0 Å². The molecule has 1 aromatic carbocycles. The lowest BCUT2D eigenvalue weighted by Crippen LogP contribution is -2.14. The van der Waals surface area contributed by atoms with E-state index in [4.69, 9.17) is 0 Å². The molecule has 31 heavy (non-hydrogen) atoms. The number of hydrogen-bond donors (Lipinski definition) is 1. The summed E-state index contributed by atoms with van der Waals surface area (Å²) in [5, 5.41) is 12.2. The number of ketones is 1. The predicted octanol–water partition coefficient (Wildman–Crippen LogP) is 4.99. The zero-order valence-corrected chi connectivity index (χ0v) is 19.6. The second-order valence-corrected chi connectivity index (χ2v) is 9.99. The molecule has 0 fully saturated rings. The number of rotatable bonds is 7. The maximum Gasteiger partial charge on any atom is 0.234 e. The number of carbonyl (C=O) groups excluding carboxylic acids is 2. The third-order valence-corrected chi connectivity index (χ3v) is 7.96. The molecule has 3 aromatic rings. The van der Waals surface area contributed by atoms with Gasteiger partial charge in [0.1, 0.15) is 0 Å². The van der Waals surface area contributed by atoms with Crippen molar-refractivity contribution in [1.82, 2.24) is 14.8 Å². The van der Waals surface area contributed by atoms with Crippen molar-refractivity contribution in [1.29, 1.82) is 0 Å². The van der Waals surface area contributed by atoms with Gasteiger partial charge >= 0.3 is 0 Å². The zero-order valence-electron chi connectivity index (χ0n) is 18.0. The van der Waals surface area contributed by atoms with Crippen LogP contribution in [-0.4, -0.2) is 32.2 Å². The van der Waals surface area contributed by atoms with Crippen molar-refractivity contribution in [2.75, 3.05) is 11.1 Å². The van der Waals surface area contributed by atoms with Gasteiger partial charge in [-0.2, -0.15) is 0 Å². The monoisotopic (exact) mass is 454 g/mol. The molecule has 0 bridgehead atoms. The Morgan fingerprint density at radius 2 is 2.13 bits per heavy atom. The number of aryl methyl sites for hydroxylation is 1. The van der Waals surface area contributed by atoms with Crippen LogP contribution >= 0.6 is 23.1 Å². The zero-order chi connectivity index (χ0) is 22.0. The van der Waals surface area contributed by atoms with Gasteiger partial charge in [-0.25, -0.2) is 0 Å². The third kappa shape index (κ3) is 4.91. The van der Waals surface area contributed by atoms with Gasteiger partial charge in [0, 0.05) is 23.2 Å². The number of fused-ring (bicyclic) bond motifs is 1. The quantitative estimate of drug-likeness (QED) is 0.402. The molecule has 1 amide bonds. The van der Waals surface area contributed by atoms with Crippen LogP contribution in [0.25, 0.3) is 10.7 Å². The molecule has 4 rings (SSSR count). The normalized spacial score (nSPS) is 15.5. The van der Waals surface area contributed by atoms with Crippen LogP contribution < -0.4 is 5.32 Å². The second kappa shape index (κ2) is 9.36. The van der Waals surface area contributed by atoms with Crippen LogP contribution in [0.5, 0.6) is 0 Å². The molecular weight excluding hydrogens is 428 g/mol. The Kier molecular flexibility index (Phi) is 6.57. The fraction of sp³-hybridized carbons (Fsp3) is 0.391. The molecular formula is C23H26N4O2S2. The number of nitrogens with one attached hydrogen (secondary N) is 1. The SMILES string of the molecule is CCC1CCc2sc(-c3nnc(SCC(=O)Nc4cccc(C(C)=O)c4)n3C)cc2C1. The number of benzene rings is 1. The van der Waals surface area contributed by atoms with E-state index < -0.39 is 0 Å². The first-order chi connectivity index (χ1) is 14.9. The Bertz CT molecular complexity index is 1120. The van der Waals surface area contributed by atoms with E-state index in [0.29, 0.717) is 16.4 Å². The van der Waals surface area contributed by atoms with Crippen LogP contribution in [0.1, 0.15) is 47.5 Å². The highest BCUT2D eigenvalue weighted by Gasteiger charge is 2.22. The summed E-state index contributed by atoms with van der Waals surface area (Å²) in [6.07, 6.45) is 4.82. The minimum absolute atomic E-state index is 0.0300. The minimum atomic E-state index is -0.146. The molecule has 0 radical (unpaired) electrons. The molecule has 8 heteroatoms. The first-order valence-electron chi connectivity index (χ1n) is 10.5. The highest BCUT2D eigenvalue weighted by atomic mass is 32.2. The van der Waals surface area contributed by atoms with Gasteiger partial charge in [-0.05, 0) is 55.9 Å². The minimum Gasteiger partial charge on any atom is -0.325 e. The Hall–Kier alpha value is -2.45. The fourth-order valence-electron chi connectivity index (χ4n) is 3.86. The molecule has 1 aliphatic carbocycles. The Morgan fingerprint density at radius 1 is 1.29 bits per heavy atom. The van der Waals surface area contributed by atoms with Crippen molar-refractivity contribution in [3.63, 3.8) is 0 Å². The van der Waals surface area contributed by atoms with Crippen molar-refractivity contribution < 1.29 is 9.59 Å². The summed E-state index contributed by atoms with van der Waals surface area (Å²) in [5.41, 5.74) is 2.65. The summed E-state index contributed by atoms with van der Waals surface area (Å²) in [6, 6.07) is 9.23. The van der Waals surface area contributed by atoms with Gasteiger partial charge in [-0.3, -0.25) is 9.59 Å². The van der Waals surface area contributed by atoms with E-state index in [1.165, 1.54) is 42.0 Å². The summed E-state index contributed by atoms with van der Waals surface area (Å²) in [7, 11) is 1.94. The van der Waals surface area contributed by atoms with Gasteiger partial charge < -0.3 is 9.88 Å². The fourth-order valence-corrected chi connectivity index (χ4v) is 5.80. The van der Waals surface area contributed by atoms with Gasteiger partial charge in [-0.1, -0.05) is 37.2 Å². The largest absolute Gasteiger partial charge is 0.325 e. The predicted molar refractivity (Wildman–Crippen MR) is 126 cm³/mol. The number of thioether (sulfide) groups is 1. The molecule has 0 spiro atoms. The molecule has 1 unspecified atom stereocenters. The summed E-state index contributed by atoms with van der Waals surface area (Å²) >= 11 is 3.17. The van der Waals surface area contributed by atoms with E-state index in [1.807, 2.05) is 23.0 Å². The van der Waals surface area contributed by atoms with Crippen molar-refractivity contribution in [3.8, 4) is 10.7 Å². The van der Waals surface area contributed by atoms with Crippen LogP contribution in [0.3, 0.4) is 0 Å². The van der Waals surface area contributed by atoms with Crippen LogP contribution in [-0.2, 0) is 24.7 Å². The van der Waals surface area contributed by atoms with Gasteiger partial charge in [0.05, 0.1) is 10.6 Å². The van der Waals surface area contributed by atoms with Gasteiger partial charge in [0.15, 0.2) is 16.8 Å². The van der Waals surface area contributed by atoms with Crippen LogP contribution in [0.2, 0.25) is 0 Å². The van der Waals surface area contributed by atoms with Crippen LogP contribution in [0.4, 0.5) is 5.69 Å². The molecule has 1 atom stereocenters. The maximum absolute atomic E-state index is 12.4. The molecule has 0 saturated carbocycles. The average molecular weight is 455 g/mol. The van der Waals surface area contributed by atoms with Crippen molar-refractivity contribution >= 4 is 40.5 Å². The maximum atomic E-state index is 12.4. The second-order valence-electron chi connectivity index (χ2n) is 7.92. The third-order valence-electron chi connectivity index (χ3n) is 5.70. The van der Waals surface area contributed by atoms with Crippen molar-refractivity contribution in [3.05, 3.63) is 46.3 Å². The molecule has 1 N–H and O–H groups in total. The smallest absolute Gasteiger partial charge is 0.234 e. The van der Waals surface area contributed by atoms with Gasteiger partial charge in [0.25, 0.3) is 0 Å². The average Bonchev–Trinajstić information content (AvgIpc) is 3.34. The number of aromatic nitrogens is 3. The number of amides is 1. The number of carbonyl (C=O) groups is 2. The number of thiophene rings is 1. The topological polar surface area (TPSA) is 76.9 Å². The molecule has 2 aromatic heterocycles. The molecule has 1 aliphatic rings. The molecule has 162 valence electrons. The van der Waals surface area contributed by atoms with E-state index in [0.717, 1.165) is 29.5 Å². The summed E-state index contributed by atoms with van der Waals surface area (Å²) in [4.78, 5) is 26.5. The van der Waals surface area contributed by atoms with Gasteiger partial charge in [-0.15, -0.1) is 21.5 Å². The standard InChI is InChI=1S/C23H26N4O2S2/c1-4-15-8-9-19-17(10-15)12-20(31-19)22-25-26-23(27(22)3)30-13-21(29)24-18-7-5-6-16(11-18)14(2)28/h5-7,11-12,15H,4,8-10,13H2,1-3H3,(H,24,29). The molecule has 2 heterocycles. The molecule has 0 aliphatic heterocycles. The first kappa shape index (κ1) is 21.8. The lowest BCUT2D eigenvalue weighted by atomic mass is 9.87. The first-order valence-corrected chi connectivity index (χ1v) is 12.3. The van der Waals surface area contributed by atoms with Crippen molar-refractivity contribution in [2.24, 2.45) is 13.0 Å². The van der Waals surface area contributed by atoms with Crippen LogP contribution in [0, 0.1) is 5.92 Å². The number of Topliss-reactive ketones (excluding diaryl/α,β-unsaturated/α-hetero) is 1. The Labute approximate surface area is 190 Å². The highest BCUT2D eigenvalue weighted by Crippen LogP contribution is 2.38. The lowest BCUT2D eigenvalue weighted by molar-refractivity contribution is -0.113. The molecule has 6 nitrogen and oxygen atoms in total. The number of anilines is 1. The van der Waals surface area contributed by atoms with Gasteiger partial charge in [0.2, 0.25) is 5.91 Å². The van der Waals surface area contributed by atoms with E-state index in [1.54, 1.807) is 24.3 Å². The Balaban J connectivity index is 1.40. The van der Waals surface area contributed by atoms with E-state index in [9.17, 15) is 9.59 Å². The highest BCUT2D eigenvalue weighted by molar-refractivity contribution is 7.99. The lowest BCUT2D eigenvalue weighted by Gasteiger charge is -2.19. The Morgan fingerprint density at radius 3 is 2.90 bits per heavy atom. The summed E-state index contributed by atoms with van der Waals surface area (Å²) in [6.45, 7) is 3.78. The van der Waals surface area contributed by atoms with Crippen molar-refractivity contribution in [2.45, 2.75) is 44.7 Å². The number of hydrogen-bond acceptors (Lipinski definition) is 6. The molecule has 0 saturated heterocycles. The number of nitrogens with zero attached hydrogens (tertiary/aromatic N) is 3. The summed E-state index contributed by atoms with van der Waals surface area (Å²) < 4.78 is 1.96. The summed E-state index contributed by atoms with van der Waals surface area (Å²) in [5.74, 6) is 1.68. The van der Waals surface area contributed by atoms with E-state index in [2.05, 4.69) is 28.5 Å². The van der Waals surface area contributed by atoms with Crippen LogP contribution in [0.15, 0.2) is 35.5 Å². The van der Waals surface area contributed by atoms with E-state index in [-0.39, 0.29) is 17.4 Å².